The lowest BCUT2D eigenvalue weighted by atomic mass is 10.1. The summed E-state index contributed by atoms with van der Waals surface area (Å²) in [6.07, 6.45) is 0.891. The van der Waals surface area contributed by atoms with Crippen LogP contribution in [-0.4, -0.2) is 32.1 Å². The molecule has 0 spiro atoms. The van der Waals surface area contributed by atoms with Crippen LogP contribution >= 0.6 is 11.6 Å². The number of carbonyl (C=O) groups excluding carboxylic acids is 2. The molecule has 0 heterocycles. The van der Waals surface area contributed by atoms with E-state index in [0.717, 1.165) is 6.42 Å². The van der Waals surface area contributed by atoms with Gasteiger partial charge in [0, 0.05) is 17.1 Å². The summed E-state index contributed by atoms with van der Waals surface area (Å²) in [4.78, 5) is 23.3. The third-order valence-corrected chi connectivity index (χ3v) is 3.22. The molecule has 0 bridgehead atoms. The van der Waals surface area contributed by atoms with Crippen LogP contribution in [0, 0.1) is 5.92 Å². The molecule has 0 unspecified atom stereocenters. The van der Waals surface area contributed by atoms with E-state index in [4.69, 9.17) is 21.1 Å². The van der Waals surface area contributed by atoms with Gasteiger partial charge in [0.2, 0.25) is 0 Å². The quantitative estimate of drug-likeness (QED) is 0.745. The molecule has 0 aliphatic rings. The summed E-state index contributed by atoms with van der Waals surface area (Å²) in [6.45, 7) is 4.45. The second-order valence-corrected chi connectivity index (χ2v) is 5.76. The van der Waals surface area contributed by atoms with Crippen LogP contribution in [-0.2, 0) is 20.7 Å². The number of amides is 1. The second kappa shape index (κ2) is 9.30. The summed E-state index contributed by atoms with van der Waals surface area (Å²) in [5.74, 6) is 0.271. The van der Waals surface area contributed by atoms with Gasteiger partial charge in [0.1, 0.15) is 5.75 Å². The Morgan fingerprint density at radius 3 is 2.68 bits per heavy atom. The van der Waals surface area contributed by atoms with E-state index < -0.39 is 5.97 Å². The van der Waals surface area contributed by atoms with Gasteiger partial charge in [-0.15, -0.1) is 0 Å². The Balaban J connectivity index is 2.40. The summed E-state index contributed by atoms with van der Waals surface area (Å²) in [7, 11) is 1.51. The Hall–Kier alpha value is -1.75. The van der Waals surface area contributed by atoms with Gasteiger partial charge in [0.15, 0.2) is 6.61 Å². The first kappa shape index (κ1) is 18.3. The van der Waals surface area contributed by atoms with Crippen molar-refractivity contribution in [2.75, 3.05) is 20.3 Å². The molecule has 1 N–H and O–H groups in total. The number of carbonyl (C=O) groups is 2. The van der Waals surface area contributed by atoms with Crippen LogP contribution in [0.15, 0.2) is 18.2 Å². The number of rotatable bonds is 8. The molecule has 0 aromatic heterocycles. The Morgan fingerprint density at radius 2 is 2.05 bits per heavy atom. The first-order valence-electron chi connectivity index (χ1n) is 7.17. The van der Waals surface area contributed by atoms with Crippen LogP contribution in [0.3, 0.4) is 0 Å². The van der Waals surface area contributed by atoms with Gasteiger partial charge in [-0.1, -0.05) is 25.4 Å². The summed E-state index contributed by atoms with van der Waals surface area (Å²) in [5.41, 5.74) is 0.625. The van der Waals surface area contributed by atoms with E-state index in [9.17, 15) is 9.59 Å². The van der Waals surface area contributed by atoms with Gasteiger partial charge >= 0.3 is 5.97 Å². The molecule has 0 saturated carbocycles. The lowest BCUT2D eigenvalue weighted by Gasteiger charge is -2.10. The van der Waals surface area contributed by atoms with Gasteiger partial charge in [0.25, 0.3) is 5.91 Å². The van der Waals surface area contributed by atoms with Crippen molar-refractivity contribution in [2.45, 2.75) is 26.7 Å². The normalized spacial score (nSPS) is 10.4. The number of benzene rings is 1. The van der Waals surface area contributed by atoms with E-state index in [-0.39, 0.29) is 18.9 Å². The number of methoxy groups -OCH3 is 1. The van der Waals surface area contributed by atoms with Gasteiger partial charge in [0.05, 0.1) is 13.5 Å². The highest BCUT2D eigenvalue weighted by molar-refractivity contribution is 6.30. The van der Waals surface area contributed by atoms with Gasteiger partial charge in [-0.25, -0.2) is 0 Å². The Labute approximate surface area is 135 Å². The molecule has 0 aliphatic carbocycles. The average molecular weight is 328 g/mol. The average Bonchev–Trinajstić information content (AvgIpc) is 2.45. The highest BCUT2D eigenvalue weighted by Crippen LogP contribution is 2.23. The Bertz CT molecular complexity index is 517. The summed E-state index contributed by atoms with van der Waals surface area (Å²) >= 11 is 5.90. The number of hydrogen-bond acceptors (Lipinski definition) is 4. The zero-order valence-electron chi connectivity index (χ0n) is 13.1. The van der Waals surface area contributed by atoms with Crippen LogP contribution in [0.1, 0.15) is 25.8 Å². The molecule has 1 aromatic rings. The Kier molecular flexibility index (Phi) is 7.74. The van der Waals surface area contributed by atoms with Crippen molar-refractivity contribution in [3.05, 3.63) is 28.8 Å². The van der Waals surface area contributed by atoms with Gasteiger partial charge in [-0.3, -0.25) is 9.59 Å². The van der Waals surface area contributed by atoms with Crippen molar-refractivity contribution in [3.63, 3.8) is 0 Å². The summed E-state index contributed by atoms with van der Waals surface area (Å²) < 4.78 is 10.1. The van der Waals surface area contributed by atoms with E-state index in [1.54, 1.807) is 18.2 Å². The van der Waals surface area contributed by atoms with Crippen LogP contribution in [0.25, 0.3) is 0 Å². The Morgan fingerprint density at radius 1 is 1.32 bits per heavy atom. The van der Waals surface area contributed by atoms with E-state index in [1.165, 1.54) is 7.11 Å². The zero-order valence-corrected chi connectivity index (χ0v) is 13.9. The van der Waals surface area contributed by atoms with Crippen LogP contribution in [0.2, 0.25) is 5.02 Å². The van der Waals surface area contributed by atoms with E-state index in [2.05, 4.69) is 19.2 Å². The molecular formula is C16H22ClNO4. The molecule has 0 saturated heterocycles. The van der Waals surface area contributed by atoms with E-state index in [1.807, 2.05) is 0 Å². The summed E-state index contributed by atoms with van der Waals surface area (Å²) in [5, 5.41) is 3.21. The lowest BCUT2D eigenvalue weighted by Crippen LogP contribution is -2.30. The fraction of sp³-hybridized carbons (Fsp3) is 0.500. The molecule has 0 fully saturated rings. The molecule has 1 rings (SSSR count). The van der Waals surface area contributed by atoms with Crippen molar-refractivity contribution < 1.29 is 19.1 Å². The van der Waals surface area contributed by atoms with E-state index >= 15 is 0 Å². The predicted molar refractivity (Wildman–Crippen MR) is 85.1 cm³/mol. The molecular weight excluding hydrogens is 306 g/mol. The molecule has 0 aliphatic heterocycles. The SMILES string of the molecule is COc1ccc(Cl)cc1CC(=O)OCC(=O)NCCC(C)C. The molecule has 5 nitrogen and oxygen atoms in total. The first-order chi connectivity index (χ1) is 10.4. The summed E-state index contributed by atoms with van der Waals surface area (Å²) in [6, 6.07) is 5.01. The van der Waals surface area contributed by atoms with Crippen molar-refractivity contribution in [1.29, 1.82) is 0 Å². The maximum Gasteiger partial charge on any atom is 0.310 e. The minimum absolute atomic E-state index is 0.00298. The minimum atomic E-state index is -0.500. The van der Waals surface area contributed by atoms with Crippen molar-refractivity contribution >= 4 is 23.5 Å². The van der Waals surface area contributed by atoms with Crippen molar-refractivity contribution in [3.8, 4) is 5.75 Å². The first-order valence-corrected chi connectivity index (χ1v) is 7.55. The van der Waals surface area contributed by atoms with Crippen LogP contribution < -0.4 is 10.1 Å². The second-order valence-electron chi connectivity index (χ2n) is 5.33. The van der Waals surface area contributed by atoms with Crippen LogP contribution in [0.4, 0.5) is 0 Å². The molecule has 6 heteroatoms. The fourth-order valence-corrected chi connectivity index (χ4v) is 1.98. The van der Waals surface area contributed by atoms with Gasteiger partial charge < -0.3 is 14.8 Å². The molecule has 1 amide bonds. The highest BCUT2D eigenvalue weighted by Gasteiger charge is 2.12. The highest BCUT2D eigenvalue weighted by atomic mass is 35.5. The van der Waals surface area contributed by atoms with Gasteiger partial charge in [-0.05, 0) is 30.5 Å². The third-order valence-electron chi connectivity index (χ3n) is 2.99. The number of halogens is 1. The maximum absolute atomic E-state index is 11.8. The molecule has 0 atom stereocenters. The molecule has 22 heavy (non-hydrogen) atoms. The molecule has 0 radical (unpaired) electrons. The largest absolute Gasteiger partial charge is 0.496 e. The third kappa shape index (κ3) is 6.80. The molecule has 1 aromatic carbocycles. The lowest BCUT2D eigenvalue weighted by molar-refractivity contribution is -0.147. The monoisotopic (exact) mass is 327 g/mol. The number of hydrogen-bond donors (Lipinski definition) is 1. The van der Waals surface area contributed by atoms with Crippen molar-refractivity contribution in [1.82, 2.24) is 5.32 Å². The number of esters is 1. The predicted octanol–water partition coefficient (Wildman–Crippen LogP) is 2.60. The maximum atomic E-state index is 11.8. The zero-order chi connectivity index (χ0) is 16.5. The number of ether oxygens (including phenoxy) is 2. The molecule has 122 valence electrons. The van der Waals surface area contributed by atoms with Crippen molar-refractivity contribution in [2.24, 2.45) is 5.92 Å². The van der Waals surface area contributed by atoms with Gasteiger partial charge in [-0.2, -0.15) is 0 Å². The number of nitrogens with one attached hydrogen (secondary N) is 1. The fourth-order valence-electron chi connectivity index (χ4n) is 1.79. The standard InChI is InChI=1S/C16H22ClNO4/c1-11(2)6-7-18-15(19)10-22-16(20)9-12-8-13(17)4-5-14(12)21-3/h4-5,8,11H,6-7,9-10H2,1-3H3,(H,18,19). The minimum Gasteiger partial charge on any atom is -0.496 e. The van der Waals surface area contributed by atoms with E-state index in [0.29, 0.717) is 28.8 Å². The van der Waals surface area contributed by atoms with Crippen LogP contribution in [0.5, 0.6) is 5.75 Å². The topological polar surface area (TPSA) is 64.6 Å². The smallest absolute Gasteiger partial charge is 0.310 e.